The van der Waals surface area contributed by atoms with E-state index in [1.165, 1.54) is 24.2 Å². The zero-order chi connectivity index (χ0) is 25.5. The standard InChI is InChI=1S/C28H35N3O5/c1-20(2)22-8-4-5-9-25(22)35-18-24(32)21-10-11-26-23(16-21)31(28(34)19-36-26)17-27(33)29-12-15-30-13-6-3-7-14-30/h4-5,8-11,16,20H,3,6-7,12-15,17-19H2,1-2H3,(H,29,33). The first-order valence-electron chi connectivity index (χ1n) is 12.7. The van der Waals surface area contributed by atoms with Crippen molar-refractivity contribution in [3.8, 4) is 11.5 Å². The summed E-state index contributed by atoms with van der Waals surface area (Å²) in [5.41, 5.74) is 1.85. The van der Waals surface area contributed by atoms with Crippen molar-refractivity contribution in [2.75, 3.05) is 50.8 Å². The maximum Gasteiger partial charge on any atom is 0.265 e. The topological polar surface area (TPSA) is 88.2 Å². The maximum absolute atomic E-state index is 12.9. The largest absolute Gasteiger partial charge is 0.485 e. The van der Waals surface area contributed by atoms with Gasteiger partial charge in [0.25, 0.3) is 5.91 Å². The highest BCUT2D eigenvalue weighted by atomic mass is 16.5. The normalized spacial score (nSPS) is 15.9. The second kappa shape index (κ2) is 12.0. The minimum absolute atomic E-state index is 0.120. The van der Waals surface area contributed by atoms with E-state index in [9.17, 15) is 14.4 Å². The molecule has 0 unspecified atom stereocenters. The Labute approximate surface area is 212 Å². The van der Waals surface area contributed by atoms with Crippen molar-refractivity contribution in [2.24, 2.45) is 0 Å². The van der Waals surface area contributed by atoms with Gasteiger partial charge < -0.3 is 19.7 Å². The molecular weight excluding hydrogens is 458 g/mol. The van der Waals surface area contributed by atoms with Gasteiger partial charge in [-0.3, -0.25) is 19.3 Å². The van der Waals surface area contributed by atoms with Gasteiger partial charge in [0.15, 0.2) is 19.0 Å². The van der Waals surface area contributed by atoms with Crippen molar-refractivity contribution < 1.29 is 23.9 Å². The van der Waals surface area contributed by atoms with E-state index in [0.717, 1.165) is 25.2 Å². The molecule has 2 amide bonds. The molecule has 2 aliphatic rings. The molecule has 4 rings (SSSR count). The minimum atomic E-state index is -0.319. The molecule has 0 aromatic heterocycles. The highest BCUT2D eigenvalue weighted by molar-refractivity contribution is 6.04. The van der Waals surface area contributed by atoms with Gasteiger partial charge in [0.05, 0.1) is 5.69 Å². The van der Waals surface area contributed by atoms with Crippen LogP contribution >= 0.6 is 0 Å². The second-order valence-electron chi connectivity index (χ2n) is 9.61. The predicted octanol–water partition coefficient (Wildman–Crippen LogP) is 3.40. The van der Waals surface area contributed by atoms with E-state index in [-0.39, 0.29) is 43.3 Å². The number of piperidine rings is 1. The van der Waals surface area contributed by atoms with Crippen LogP contribution in [0.1, 0.15) is 54.9 Å². The summed E-state index contributed by atoms with van der Waals surface area (Å²) >= 11 is 0. The Bertz CT molecular complexity index is 1090. The van der Waals surface area contributed by atoms with Gasteiger partial charge in [0, 0.05) is 18.7 Å². The number of anilines is 1. The van der Waals surface area contributed by atoms with Crippen LogP contribution in [0.25, 0.3) is 0 Å². The highest BCUT2D eigenvalue weighted by Gasteiger charge is 2.28. The van der Waals surface area contributed by atoms with E-state index in [1.54, 1.807) is 18.2 Å². The first-order valence-corrected chi connectivity index (χ1v) is 12.7. The van der Waals surface area contributed by atoms with Crippen molar-refractivity contribution in [2.45, 2.75) is 39.0 Å². The molecule has 0 saturated carbocycles. The van der Waals surface area contributed by atoms with Crippen molar-refractivity contribution in [1.29, 1.82) is 0 Å². The molecule has 1 saturated heterocycles. The van der Waals surface area contributed by atoms with Gasteiger partial charge in [-0.1, -0.05) is 38.5 Å². The van der Waals surface area contributed by atoms with E-state index >= 15 is 0 Å². The third-order valence-electron chi connectivity index (χ3n) is 6.62. The fraction of sp³-hybridized carbons (Fsp3) is 0.464. The second-order valence-corrected chi connectivity index (χ2v) is 9.61. The predicted molar refractivity (Wildman–Crippen MR) is 138 cm³/mol. The number of ether oxygens (including phenoxy) is 2. The van der Waals surface area contributed by atoms with Crippen LogP contribution in [-0.4, -0.2) is 68.4 Å². The van der Waals surface area contributed by atoms with Gasteiger partial charge in [-0.15, -0.1) is 0 Å². The van der Waals surface area contributed by atoms with Crippen molar-refractivity contribution in [1.82, 2.24) is 10.2 Å². The van der Waals surface area contributed by atoms with Gasteiger partial charge in [-0.05, 0) is 61.7 Å². The summed E-state index contributed by atoms with van der Waals surface area (Å²) in [5, 5.41) is 2.92. The quantitative estimate of drug-likeness (QED) is 0.511. The van der Waals surface area contributed by atoms with Crippen LogP contribution in [0.5, 0.6) is 11.5 Å². The number of hydrogen-bond donors (Lipinski definition) is 1. The molecule has 36 heavy (non-hydrogen) atoms. The Balaban J connectivity index is 1.38. The van der Waals surface area contributed by atoms with Gasteiger partial charge in [0.2, 0.25) is 5.91 Å². The Hall–Kier alpha value is -3.39. The molecule has 0 bridgehead atoms. The number of nitrogens with zero attached hydrogens (tertiary/aromatic N) is 2. The van der Waals surface area contributed by atoms with Crippen LogP contribution in [0.2, 0.25) is 0 Å². The molecule has 1 N–H and O–H groups in total. The number of fused-ring (bicyclic) bond motifs is 1. The lowest BCUT2D eigenvalue weighted by molar-refractivity contribution is -0.125. The molecule has 1 fully saturated rings. The fourth-order valence-electron chi connectivity index (χ4n) is 4.60. The summed E-state index contributed by atoms with van der Waals surface area (Å²) in [4.78, 5) is 41.9. The molecule has 0 spiro atoms. The molecule has 2 heterocycles. The first kappa shape index (κ1) is 25.7. The van der Waals surface area contributed by atoms with E-state index < -0.39 is 0 Å². The van der Waals surface area contributed by atoms with E-state index in [2.05, 4.69) is 24.1 Å². The molecule has 0 atom stereocenters. The molecule has 8 heteroatoms. The third-order valence-corrected chi connectivity index (χ3v) is 6.62. The number of benzene rings is 2. The lowest BCUT2D eigenvalue weighted by Crippen LogP contribution is -2.46. The maximum atomic E-state index is 12.9. The molecule has 8 nitrogen and oxygen atoms in total. The highest BCUT2D eigenvalue weighted by Crippen LogP contribution is 2.33. The number of amides is 2. The lowest BCUT2D eigenvalue weighted by Gasteiger charge is -2.29. The molecule has 0 aliphatic carbocycles. The van der Waals surface area contributed by atoms with E-state index in [1.807, 2.05) is 24.3 Å². The third kappa shape index (κ3) is 6.43. The average Bonchev–Trinajstić information content (AvgIpc) is 2.89. The Morgan fingerprint density at radius 1 is 1.08 bits per heavy atom. The fourth-order valence-corrected chi connectivity index (χ4v) is 4.60. The van der Waals surface area contributed by atoms with E-state index in [0.29, 0.717) is 29.3 Å². The SMILES string of the molecule is CC(C)c1ccccc1OCC(=O)c1ccc2c(c1)N(CC(=O)NCCN1CCCCC1)C(=O)CO2. The number of carbonyl (C=O) groups is 3. The average molecular weight is 494 g/mol. The van der Waals surface area contributed by atoms with Crippen LogP contribution in [0.4, 0.5) is 5.69 Å². The van der Waals surface area contributed by atoms with Crippen molar-refractivity contribution in [3.05, 3.63) is 53.6 Å². The zero-order valence-corrected chi connectivity index (χ0v) is 21.1. The number of para-hydroxylation sites is 1. The molecule has 0 radical (unpaired) electrons. The number of nitrogens with one attached hydrogen (secondary N) is 1. The molecule has 2 aromatic rings. The van der Waals surface area contributed by atoms with Crippen molar-refractivity contribution in [3.63, 3.8) is 0 Å². The zero-order valence-electron chi connectivity index (χ0n) is 21.1. The number of carbonyl (C=O) groups excluding carboxylic acids is 3. The molecular formula is C28H35N3O5. The monoisotopic (exact) mass is 493 g/mol. The van der Waals surface area contributed by atoms with E-state index in [4.69, 9.17) is 9.47 Å². The van der Waals surface area contributed by atoms with Gasteiger partial charge >= 0.3 is 0 Å². The number of Topliss-reactive ketones (excluding diaryl/α,β-unsaturated/α-hetero) is 1. The van der Waals surface area contributed by atoms with Crippen LogP contribution in [-0.2, 0) is 9.59 Å². The van der Waals surface area contributed by atoms with Gasteiger partial charge in [-0.25, -0.2) is 0 Å². The number of rotatable bonds is 10. The Kier molecular flexibility index (Phi) is 8.59. The lowest BCUT2D eigenvalue weighted by atomic mass is 10.0. The van der Waals surface area contributed by atoms with Gasteiger partial charge in [-0.2, -0.15) is 0 Å². The number of hydrogen-bond acceptors (Lipinski definition) is 6. The number of ketones is 1. The van der Waals surface area contributed by atoms with Crippen LogP contribution in [0.15, 0.2) is 42.5 Å². The summed E-state index contributed by atoms with van der Waals surface area (Å²) in [5.74, 6) is 0.639. The van der Waals surface area contributed by atoms with Crippen LogP contribution in [0, 0.1) is 0 Å². The van der Waals surface area contributed by atoms with Crippen LogP contribution in [0.3, 0.4) is 0 Å². The Morgan fingerprint density at radius 2 is 1.86 bits per heavy atom. The first-order chi connectivity index (χ1) is 17.4. The Morgan fingerprint density at radius 3 is 2.64 bits per heavy atom. The van der Waals surface area contributed by atoms with Gasteiger partial charge in [0.1, 0.15) is 18.0 Å². The molecule has 2 aliphatic heterocycles. The molecule has 2 aromatic carbocycles. The summed E-state index contributed by atoms with van der Waals surface area (Å²) in [7, 11) is 0. The smallest absolute Gasteiger partial charge is 0.265 e. The number of likely N-dealkylation sites (tertiary alicyclic amines) is 1. The minimum Gasteiger partial charge on any atom is -0.485 e. The summed E-state index contributed by atoms with van der Waals surface area (Å²) in [6, 6.07) is 12.6. The van der Waals surface area contributed by atoms with Crippen molar-refractivity contribution >= 4 is 23.3 Å². The summed E-state index contributed by atoms with van der Waals surface area (Å²) in [6.45, 7) is 7.22. The van der Waals surface area contributed by atoms with Crippen LogP contribution < -0.4 is 19.7 Å². The summed E-state index contributed by atoms with van der Waals surface area (Å²) < 4.78 is 11.4. The molecule has 192 valence electrons. The summed E-state index contributed by atoms with van der Waals surface area (Å²) in [6.07, 6.45) is 3.66.